The minimum Gasteiger partial charge on any atom is -0.480 e. The van der Waals surface area contributed by atoms with Crippen molar-refractivity contribution >= 4 is 51.9 Å². The fourth-order valence-electron chi connectivity index (χ4n) is 4.36. The Bertz CT molecular complexity index is 1760. The highest BCUT2D eigenvalue weighted by molar-refractivity contribution is 6.39. The molecule has 232 valence electrons. The van der Waals surface area contributed by atoms with Crippen molar-refractivity contribution in [2.24, 2.45) is 12.8 Å². The molecule has 2 aliphatic rings. The number of carbonyl (C=O) groups excluding carboxylic acids is 2. The average Bonchev–Trinajstić information content (AvgIpc) is 3.86. The highest BCUT2D eigenvalue weighted by Gasteiger charge is 2.55. The zero-order chi connectivity index (χ0) is 32.0. The van der Waals surface area contributed by atoms with Crippen LogP contribution in [0.3, 0.4) is 0 Å². The molecule has 4 aromatic rings. The van der Waals surface area contributed by atoms with Crippen LogP contribution in [0.25, 0.3) is 28.1 Å². The summed E-state index contributed by atoms with van der Waals surface area (Å²) < 4.78 is 37.0. The number of rotatable bonds is 7. The third-order valence-corrected chi connectivity index (χ3v) is 7.86. The number of aryl methyl sites for hydroxylation is 1. The zero-order valence-corrected chi connectivity index (χ0v) is 24.5. The Kier molecular flexibility index (Phi) is 8.07. The summed E-state index contributed by atoms with van der Waals surface area (Å²) in [5, 5.41) is 27.1. The van der Waals surface area contributed by atoms with E-state index in [0.717, 1.165) is 35.0 Å². The molecule has 0 radical (unpaired) electrons. The van der Waals surface area contributed by atoms with Crippen LogP contribution in [0.5, 0.6) is 0 Å². The van der Waals surface area contributed by atoms with Crippen molar-refractivity contribution in [3.63, 3.8) is 0 Å². The Hall–Kier alpha value is -4.21. The highest BCUT2D eigenvalue weighted by Crippen LogP contribution is 2.40. The van der Waals surface area contributed by atoms with Gasteiger partial charge in [0.1, 0.15) is 11.2 Å². The molecule has 0 aliphatic heterocycles. The molecule has 2 aromatic carbocycles. The molecule has 0 unspecified atom stereocenters. The predicted molar refractivity (Wildman–Crippen MR) is 153 cm³/mol. The average molecular weight is 653 g/mol. The molecule has 6 rings (SSSR count). The van der Waals surface area contributed by atoms with E-state index in [1.54, 1.807) is 7.05 Å². The van der Waals surface area contributed by atoms with Crippen molar-refractivity contribution in [1.82, 2.24) is 35.4 Å². The number of nitrogens with zero attached hydrogens (tertiary/aromatic N) is 5. The number of amides is 2. The number of carboxylic acid groups (broad SMARTS) is 1. The summed E-state index contributed by atoms with van der Waals surface area (Å²) in [7, 11) is 1.70. The van der Waals surface area contributed by atoms with Crippen LogP contribution in [-0.2, 0) is 28.0 Å². The Morgan fingerprint density at radius 2 is 1.73 bits per heavy atom. The normalized spacial score (nSPS) is 16.1. The van der Waals surface area contributed by atoms with Gasteiger partial charge in [-0.25, -0.2) is 4.79 Å². The van der Waals surface area contributed by atoms with Gasteiger partial charge in [0.25, 0.3) is 0 Å². The van der Waals surface area contributed by atoms with E-state index in [0.29, 0.717) is 28.1 Å². The largest absolute Gasteiger partial charge is 0.480 e. The number of aromatic nitrogens is 5. The van der Waals surface area contributed by atoms with Crippen LogP contribution < -0.4 is 16.4 Å². The molecule has 0 bridgehead atoms. The highest BCUT2D eigenvalue weighted by atomic mass is 35.5. The first-order valence-corrected chi connectivity index (χ1v) is 13.9. The second kappa shape index (κ2) is 11.4. The van der Waals surface area contributed by atoms with Gasteiger partial charge in [-0.15, -0.1) is 10.2 Å². The third kappa shape index (κ3) is 6.34. The third-order valence-electron chi connectivity index (χ3n) is 7.25. The Morgan fingerprint density at radius 1 is 1.07 bits per heavy atom. The summed E-state index contributed by atoms with van der Waals surface area (Å²) in [4.78, 5) is 34.2. The topological polar surface area (TPSA) is 170 Å². The van der Waals surface area contributed by atoms with Gasteiger partial charge in [0.15, 0.2) is 0 Å². The molecule has 0 atom stereocenters. The number of hydrogen-bond acceptors (Lipinski definition) is 7. The fraction of sp³-hybridized carbons (Fsp3) is 0.333. The number of carboxylic acids is 1. The number of carbonyl (C=O) groups is 3. The van der Waals surface area contributed by atoms with E-state index < -0.39 is 29.1 Å². The lowest BCUT2D eigenvalue weighted by Crippen LogP contribution is -2.48. The molecule has 2 heterocycles. The summed E-state index contributed by atoms with van der Waals surface area (Å²) in [5.41, 5.74) is 6.92. The lowest BCUT2D eigenvalue weighted by Gasteiger charge is -2.13. The number of hydrogen-bond donors (Lipinski definition) is 4. The number of tetrazole rings is 1. The number of fused-ring (bicyclic) bond motifs is 1. The van der Waals surface area contributed by atoms with Crippen molar-refractivity contribution in [3.8, 4) is 17.2 Å². The van der Waals surface area contributed by atoms with Gasteiger partial charge in [0.2, 0.25) is 11.7 Å². The van der Waals surface area contributed by atoms with Gasteiger partial charge in [-0.1, -0.05) is 35.3 Å². The predicted octanol–water partition coefficient (Wildman–Crippen LogP) is 3.52. The van der Waals surface area contributed by atoms with Gasteiger partial charge in [-0.2, -0.15) is 18.0 Å². The summed E-state index contributed by atoms with van der Waals surface area (Å²) in [5.74, 6) is -3.32. The van der Waals surface area contributed by atoms with Crippen LogP contribution in [0.15, 0.2) is 42.5 Å². The maximum atomic E-state index is 12.1. The molecule has 2 aromatic heterocycles. The molecule has 0 saturated heterocycles. The van der Waals surface area contributed by atoms with Crippen LogP contribution in [0.2, 0.25) is 10.0 Å². The second-order valence-corrected chi connectivity index (χ2v) is 11.4. The number of aliphatic carboxylic acids is 1. The lowest BCUT2D eigenvalue weighted by molar-refractivity contribution is -0.176. The first kappa shape index (κ1) is 31.2. The van der Waals surface area contributed by atoms with E-state index in [1.165, 1.54) is 10.1 Å². The van der Waals surface area contributed by atoms with Crippen LogP contribution in [0.4, 0.5) is 13.2 Å². The lowest BCUT2D eigenvalue weighted by atomic mass is 10.2. The van der Waals surface area contributed by atoms with Gasteiger partial charge >= 0.3 is 18.1 Å². The molecule has 2 fully saturated rings. The van der Waals surface area contributed by atoms with Crippen LogP contribution in [0, 0.1) is 0 Å². The number of nitrogens with one attached hydrogen (secondary N) is 2. The molecule has 5 N–H and O–H groups in total. The molecule has 2 aliphatic carbocycles. The quantitative estimate of drug-likeness (QED) is 0.235. The van der Waals surface area contributed by atoms with Crippen molar-refractivity contribution in [3.05, 3.63) is 58.1 Å². The summed E-state index contributed by atoms with van der Waals surface area (Å²) >= 11 is 12.9. The molecular formula is C27H25Cl2F3N8O4. The van der Waals surface area contributed by atoms with E-state index in [9.17, 15) is 27.6 Å². The fourth-order valence-corrected chi connectivity index (χ4v) is 4.85. The first-order chi connectivity index (χ1) is 20.6. The standard InChI is InChI=1S/C21H19Cl2N7O.C6H6F3NO3/c1-29-27-19(26-28-29)18-17(23)15-10-13(22)4-7-16(15)30(18)14-5-2-12(3-6-14)11-25-20(31)21(24)8-9-21;7-6(8,9)3(11)10-5(1-2-5)4(12)13/h2-7,10H,8-9,11,24H2,1H3,(H,25,31);1-2H2,(H,10,11)(H,12,13). The van der Waals surface area contributed by atoms with Gasteiger partial charge in [-0.05, 0) is 66.8 Å². The summed E-state index contributed by atoms with van der Waals surface area (Å²) in [6.45, 7) is 0.416. The number of benzene rings is 2. The van der Waals surface area contributed by atoms with E-state index >= 15 is 0 Å². The van der Waals surface area contributed by atoms with Crippen LogP contribution in [-0.4, -0.2) is 64.9 Å². The van der Waals surface area contributed by atoms with Gasteiger partial charge in [-0.3, -0.25) is 9.59 Å². The van der Waals surface area contributed by atoms with Crippen LogP contribution in [0.1, 0.15) is 31.2 Å². The Labute approximate surface area is 257 Å². The molecule has 2 amide bonds. The number of halogens is 5. The van der Waals surface area contributed by atoms with Gasteiger partial charge in [0, 0.05) is 22.6 Å². The Morgan fingerprint density at radius 3 is 2.25 bits per heavy atom. The van der Waals surface area contributed by atoms with Crippen molar-refractivity contribution < 1.29 is 32.7 Å². The first-order valence-electron chi connectivity index (χ1n) is 13.2. The minimum atomic E-state index is -5.02. The molecule has 17 heteroatoms. The summed E-state index contributed by atoms with van der Waals surface area (Å²) in [6, 6.07) is 13.4. The van der Waals surface area contributed by atoms with Crippen molar-refractivity contribution in [1.29, 1.82) is 0 Å². The van der Waals surface area contributed by atoms with Crippen LogP contribution >= 0.6 is 23.2 Å². The van der Waals surface area contributed by atoms with Crippen molar-refractivity contribution in [2.45, 2.75) is 49.5 Å². The molecular weight excluding hydrogens is 628 g/mol. The number of alkyl halides is 3. The minimum absolute atomic E-state index is 0.0458. The smallest absolute Gasteiger partial charge is 0.471 e. The van der Waals surface area contributed by atoms with E-state index in [4.69, 9.17) is 34.0 Å². The molecule has 44 heavy (non-hydrogen) atoms. The monoisotopic (exact) mass is 652 g/mol. The maximum Gasteiger partial charge on any atom is 0.471 e. The van der Waals surface area contributed by atoms with E-state index in [2.05, 4.69) is 20.7 Å². The summed E-state index contributed by atoms with van der Waals surface area (Å²) in [6.07, 6.45) is -3.45. The Balaban J connectivity index is 0.000000249. The second-order valence-electron chi connectivity index (χ2n) is 10.6. The van der Waals surface area contributed by atoms with E-state index in [1.807, 2.05) is 47.0 Å². The van der Waals surface area contributed by atoms with Gasteiger partial charge < -0.3 is 26.0 Å². The van der Waals surface area contributed by atoms with Gasteiger partial charge in [0.05, 0.1) is 23.1 Å². The number of nitrogens with two attached hydrogens (primary N) is 1. The molecule has 0 spiro atoms. The zero-order valence-electron chi connectivity index (χ0n) is 23.0. The molecule has 12 nitrogen and oxygen atoms in total. The van der Waals surface area contributed by atoms with Crippen molar-refractivity contribution in [2.75, 3.05) is 0 Å². The molecule has 2 saturated carbocycles. The van der Waals surface area contributed by atoms with E-state index in [-0.39, 0.29) is 18.7 Å². The maximum absolute atomic E-state index is 12.1. The SMILES string of the molecule is Cn1nnc(-c2c(Cl)c3cc(Cl)ccc3n2-c2ccc(CNC(=O)C3(N)CC3)cc2)n1.O=C(NC1(C(=O)O)CC1)C(F)(F)F.